The van der Waals surface area contributed by atoms with Crippen LogP contribution in [-0.2, 0) is 43.8 Å². The van der Waals surface area contributed by atoms with E-state index in [4.69, 9.17) is 0 Å². The van der Waals surface area contributed by atoms with Gasteiger partial charge >= 0.3 is 76.3 Å². The summed E-state index contributed by atoms with van der Waals surface area (Å²) in [6.45, 7) is 0. The summed E-state index contributed by atoms with van der Waals surface area (Å²) in [5.41, 5.74) is 5.37. The molecule has 2 radical (unpaired) electrons. The van der Waals surface area contributed by atoms with Crippen molar-refractivity contribution in [3.63, 3.8) is 0 Å². The average molecular weight is 1550 g/mol. The summed E-state index contributed by atoms with van der Waals surface area (Å²) in [5.74, 6) is -7.18. The Labute approximate surface area is 569 Å². The Kier molecular flexibility index (Phi) is 46.0. The summed E-state index contributed by atoms with van der Waals surface area (Å²) in [7, 11) is 0. The molecule has 30 heteroatoms. The number of hydrogen-bond acceptors (Lipinski definition) is 18. The molecule has 12 rings (SSSR count). The van der Waals surface area contributed by atoms with E-state index in [1.807, 2.05) is 146 Å². The molecule has 0 aliphatic rings. The molecule has 0 saturated carbocycles. The first-order chi connectivity index (χ1) is 37.6. The van der Waals surface area contributed by atoms with Gasteiger partial charge in [-0.25, -0.2) is 0 Å². The molecule has 6 heterocycles. The van der Waals surface area contributed by atoms with Gasteiger partial charge in [0.05, 0.1) is 68.9 Å². The fourth-order valence-electron chi connectivity index (χ4n) is 7.10. The number of carboxylic acid groups (broad SMARTS) is 6. The number of hydrogen-bond donors (Lipinski definition) is 0. The molecular formula is C60H64Dy2N6O22+8. The van der Waals surface area contributed by atoms with Crippen LogP contribution in [0.2, 0.25) is 0 Å². The Bertz CT molecular complexity index is 3520. The maximum absolute atomic E-state index is 10.5. The molecular weight excluding hydrogens is 1480 g/mol. The number of carbonyl (C=O) groups is 6. The molecule has 0 unspecified atom stereocenters. The molecule has 0 aliphatic carbocycles. The predicted molar refractivity (Wildman–Crippen MR) is 323 cm³/mol. The average Bonchev–Trinajstić information content (AvgIpc) is 2.79. The van der Waals surface area contributed by atoms with E-state index in [0.29, 0.717) is 0 Å². The summed E-state index contributed by atoms with van der Waals surface area (Å²) >= 11 is 0. The monoisotopic (exact) mass is 1550 g/mol. The molecule has 6 aromatic heterocycles. The van der Waals surface area contributed by atoms with Crippen LogP contribution in [0.3, 0.4) is 0 Å². The summed E-state index contributed by atoms with van der Waals surface area (Å²) in [4.78, 5) is 86.9. The number of aromatic nitrogens is 6. The predicted octanol–water partition coefficient (Wildman–Crippen LogP) is -5.43. The zero-order chi connectivity index (χ0) is 55.6. The van der Waals surface area contributed by atoms with Gasteiger partial charge in [0.2, 0.25) is 0 Å². The van der Waals surface area contributed by atoms with Crippen molar-refractivity contribution in [2.24, 2.45) is 0 Å². The quantitative estimate of drug-likeness (QED) is 0.140. The van der Waals surface area contributed by atoms with Crippen molar-refractivity contribution in [1.29, 1.82) is 0 Å². The Balaban J connectivity index is -0.000000229. The van der Waals surface area contributed by atoms with Crippen molar-refractivity contribution in [1.82, 2.24) is 29.9 Å². The van der Waals surface area contributed by atoms with Crippen molar-refractivity contribution in [2.75, 3.05) is 0 Å². The molecule has 6 aromatic carbocycles. The minimum atomic E-state index is -1.20. The van der Waals surface area contributed by atoms with E-state index in [2.05, 4.69) is 29.9 Å². The fourth-order valence-corrected chi connectivity index (χ4v) is 7.10. The third-order valence-corrected chi connectivity index (χ3v) is 11.0. The molecule has 0 amide bonds. The Hall–Kier alpha value is -9.25. The van der Waals surface area contributed by atoms with Crippen molar-refractivity contribution >= 4 is 101 Å². The number of carboxylic acids is 6. The molecule has 0 fully saturated rings. The second kappa shape index (κ2) is 45.1. The van der Waals surface area contributed by atoms with Crippen LogP contribution >= 0.6 is 0 Å². The van der Waals surface area contributed by atoms with Crippen LogP contribution in [0.4, 0.5) is 0 Å². The molecule has 90 heavy (non-hydrogen) atoms. The third-order valence-electron chi connectivity index (χ3n) is 11.0. The van der Waals surface area contributed by atoms with Gasteiger partial charge in [0.15, 0.2) is 0 Å². The van der Waals surface area contributed by atoms with Gasteiger partial charge in [0, 0.05) is 103 Å². The smallest absolute Gasteiger partial charge is 0.545 e. The number of nitrogens with zero attached hydrogens (tertiary/aromatic N) is 6. The van der Waals surface area contributed by atoms with Crippen LogP contribution < -0.4 is 30.6 Å². The van der Waals surface area contributed by atoms with Gasteiger partial charge in [-0.15, -0.1) is 0 Å². The molecule has 0 saturated heterocycles. The van der Waals surface area contributed by atoms with Crippen LogP contribution in [0.1, 0.15) is 62.1 Å². The largest absolute Gasteiger partial charge is 3.00 e. The number of para-hydroxylation sites is 6. The SMILES string of the molecule is O.O.O=C([O-])c1cnc2ccccc2c1.O=C([O-])c1cnc2ccccc2c1.O=C([O-])c1cnc2ccccc2c1.O=C([O-])c1cnc2ccccc2c1.O=C([O-])c1cnc2ccccc2c1.O=C([O-])c1cnc2ccccc2c1.[Dy+3].[Dy+3].[OH3+].[OH3+].[OH3+].[OH3+].[OH3+].[OH3+].[OH3+].[OH3+]. The fraction of sp³-hybridized carbons (Fsp3) is 0. The molecule has 12 aromatic rings. The normalized spacial score (nSPS) is 8.80. The van der Waals surface area contributed by atoms with E-state index < -0.39 is 35.8 Å². The first-order valence-electron chi connectivity index (χ1n) is 23.0. The van der Waals surface area contributed by atoms with Crippen LogP contribution in [0, 0.1) is 76.3 Å². The number of aromatic carboxylic acids is 6. The van der Waals surface area contributed by atoms with Crippen LogP contribution in [0.5, 0.6) is 0 Å². The second-order valence-corrected chi connectivity index (χ2v) is 16.2. The van der Waals surface area contributed by atoms with Gasteiger partial charge in [-0.3, -0.25) is 29.9 Å². The van der Waals surface area contributed by atoms with E-state index in [-0.39, 0.29) is 164 Å². The Morgan fingerprint density at radius 1 is 0.222 bits per heavy atom. The topological polar surface area (TPSA) is 645 Å². The second-order valence-electron chi connectivity index (χ2n) is 16.2. The molecule has 0 aliphatic heterocycles. The third kappa shape index (κ3) is 26.2. The maximum atomic E-state index is 10.5. The maximum Gasteiger partial charge on any atom is 3.00 e. The van der Waals surface area contributed by atoms with Crippen molar-refractivity contribution in [3.8, 4) is 0 Å². The number of rotatable bonds is 6. The van der Waals surface area contributed by atoms with E-state index >= 15 is 0 Å². The van der Waals surface area contributed by atoms with Gasteiger partial charge in [-0.1, -0.05) is 109 Å². The van der Waals surface area contributed by atoms with E-state index in [1.54, 1.807) is 36.4 Å². The van der Waals surface area contributed by atoms with Crippen molar-refractivity contribution in [2.45, 2.75) is 0 Å². The van der Waals surface area contributed by atoms with Crippen molar-refractivity contribution in [3.05, 3.63) is 253 Å². The van der Waals surface area contributed by atoms with Gasteiger partial charge in [0.1, 0.15) is 0 Å². The first-order valence-corrected chi connectivity index (χ1v) is 23.0. The summed E-state index contributed by atoms with van der Waals surface area (Å²) in [6, 6.07) is 53.3. The zero-order valence-corrected chi connectivity index (χ0v) is 50.7. The Morgan fingerprint density at radius 3 is 0.444 bits per heavy atom. The minimum absolute atomic E-state index is 0. The summed E-state index contributed by atoms with van der Waals surface area (Å²) in [5, 5.41) is 67.8. The van der Waals surface area contributed by atoms with E-state index in [9.17, 15) is 59.4 Å². The van der Waals surface area contributed by atoms with Crippen LogP contribution in [-0.4, -0.2) is 76.7 Å². The van der Waals surface area contributed by atoms with Crippen molar-refractivity contribution < 1.29 is 191 Å². The summed E-state index contributed by atoms with van der Waals surface area (Å²) < 4.78 is 0. The molecule has 0 bridgehead atoms. The van der Waals surface area contributed by atoms with Gasteiger partial charge < -0.3 is 114 Å². The molecule has 0 spiro atoms. The number of benzene rings is 6. The molecule has 28 N–H and O–H groups in total. The number of fused-ring (bicyclic) bond motifs is 6. The minimum Gasteiger partial charge on any atom is -0.545 e. The van der Waals surface area contributed by atoms with Gasteiger partial charge in [-0.05, 0) is 72.8 Å². The number of carbonyl (C=O) groups excluding carboxylic acids is 6. The number of pyridine rings is 6. The zero-order valence-electron chi connectivity index (χ0n) is 46.6. The van der Waals surface area contributed by atoms with Crippen LogP contribution in [0.15, 0.2) is 219 Å². The van der Waals surface area contributed by atoms with Gasteiger partial charge in [0.25, 0.3) is 0 Å². The standard InChI is InChI=1S/6C10H7NO2.2Dy.10H2O/c6*12-10(13)8-5-7-3-1-2-4-9(7)11-6-8;;;;;;;;;;;;/h6*1-6H,(H,12,13);;;10*1H2/q;;;;;;2*+3;;;;;;;;;;/p+2. The molecule has 478 valence electrons. The Morgan fingerprint density at radius 2 is 0.333 bits per heavy atom. The molecule has 0 atom stereocenters. The van der Waals surface area contributed by atoms with Gasteiger partial charge in [-0.2, -0.15) is 0 Å². The van der Waals surface area contributed by atoms with E-state index in [1.165, 1.54) is 37.2 Å². The molecule has 28 nitrogen and oxygen atoms in total. The summed E-state index contributed by atoms with van der Waals surface area (Å²) in [6.07, 6.45) is 7.82. The van der Waals surface area contributed by atoms with Crippen LogP contribution in [0.25, 0.3) is 65.4 Å². The van der Waals surface area contributed by atoms with E-state index in [0.717, 1.165) is 65.4 Å². The first kappa shape index (κ1) is 91.9.